The number of aliphatic hydroxyl groups is 2. The average molecular weight is 290 g/mol. The maximum atomic E-state index is 10.3. The van der Waals surface area contributed by atoms with Gasteiger partial charge in [0.2, 0.25) is 0 Å². The first-order valence-electron chi connectivity index (χ1n) is 4.96. The number of aromatic carboxylic acids is 2. The van der Waals surface area contributed by atoms with Crippen molar-refractivity contribution in [2.24, 2.45) is 0 Å². The van der Waals surface area contributed by atoms with E-state index in [1.807, 2.05) is 0 Å². The minimum absolute atomic E-state index is 0.0833. The lowest BCUT2D eigenvalue weighted by Crippen LogP contribution is -1.99. The van der Waals surface area contributed by atoms with Crippen LogP contribution in [0.1, 0.15) is 20.7 Å². The standard InChI is InChI=1S/C8H6O4.C2H6O2.CH2O3/c9-7(10)5-1-2-6(4-3-5)8(11)12;3-1-2-4;2-1(3)4/h1-4H,(H,9,10)(H,11,12);3-4H,1-2H2;(H2,2,3,4). The SMILES string of the molecule is O=C(O)O.O=C(O)c1ccc(C(=O)O)cc1.OCCO. The van der Waals surface area contributed by atoms with E-state index in [9.17, 15) is 9.59 Å². The van der Waals surface area contributed by atoms with Crippen molar-refractivity contribution in [1.29, 1.82) is 0 Å². The summed E-state index contributed by atoms with van der Waals surface area (Å²) in [6, 6.07) is 5.02. The van der Waals surface area contributed by atoms with Gasteiger partial charge >= 0.3 is 18.1 Å². The van der Waals surface area contributed by atoms with Crippen LogP contribution in [0.5, 0.6) is 0 Å². The van der Waals surface area contributed by atoms with Crippen LogP contribution in [0.4, 0.5) is 4.79 Å². The summed E-state index contributed by atoms with van der Waals surface area (Å²) >= 11 is 0. The van der Waals surface area contributed by atoms with Crippen LogP contribution in [0.25, 0.3) is 0 Å². The van der Waals surface area contributed by atoms with Gasteiger partial charge in [-0.3, -0.25) is 0 Å². The number of benzene rings is 1. The van der Waals surface area contributed by atoms with E-state index in [1.54, 1.807) is 0 Å². The van der Waals surface area contributed by atoms with Crippen molar-refractivity contribution in [3.8, 4) is 0 Å². The summed E-state index contributed by atoms with van der Waals surface area (Å²) in [5, 5.41) is 46.1. The summed E-state index contributed by atoms with van der Waals surface area (Å²) in [5.74, 6) is -2.13. The Kier molecular flexibility index (Phi) is 11.3. The Bertz CT molecular complexity index is 385. The fraction of sp³-hybridized carbons (Fsp3) is 0.182. The van der Waals surface area contributed by atoms with E-state index in [1.165, 1.54) is 24.3 Å². The molecule has 0 aliphatic heterocycles. The van der Waals surface area contributed by atoms with E-state index < -0.39 is 18.1 Å². The van der Waals surface area contributed by atoms with Gasteiger partial charge in [0, 0.05) is 0 Å². The van der Waals surface area contributed by atoms with Gasteiger partial charge in [0.1, 0.15) is 0 Å². The lowest BCUT2D eigenvalue weighted by Gasteiger charge is -1.94. The highest BCUT2D eigenvalue weighted by Gasteiger charge is 2.04. The summed E-state index contributed by atoms with van der Waals surface area (Å²) < 4.78 is 0. The molecule has 0 heterocycles. The fourth-order valence-electron chi connectivity index (χ4n) is 0.755. The molecule has 0 amide bonds. The minimum atomic E-state index is -1.83. The Morgan fingerprint density at radius 1 is 0.700 bits per heavy atom. The number of carboxylic acids is 2. The molecule has 112 valence electrons. The fourth-order valence-corrected chi connectivity index (χ4v) is 0.755. The molecule has 1 rings (SSSR count). The second-order valence-electron chi connectivity index (χ2n) is 2.92. The predicted molar refractivity (Wildman–Crippen MR) is 65.2 cm³/mol. The molecule has 0 saturated heterocycles. The van der Waals surface area contributed by atoms with E-state index in [0.29, 0.717) is 0 Å². The third-order valence-corrected chi connectivity index (χ3v) is 1.48. The van der Waals surface area contributed by atoms with Crippen molar-refractivity contribution in [1.82, 2.24) is 0 Å². The molecule has 20 heavy (non-hydrogen) atoms. The molecule has 0 radical (unpaired) electrons. The quantitative estimate of drug-likeness (QED) is 0.456. The molecule has 0 unspecified atom stereocenters. The Morgan fingerprint density at radius 2 is 0.900 bits per heavy atom. The molecule has 0 aliphatic carbocycles. The van der Waals surface area contributed by atoms with Crippen LogP contribution >= 0.6 is 0 Å². The molecule has 0 aliphatic rings. The number of carbonyl (C=O) groups is 3. The average Bonchev–Trinajstić information content (AvgIpc) is 2.38. The molecular formula is C11H14O9. The minimum Gasteiger partial charge on any atom is -0.478 e. The Balaban J connectivity index is 0. The van der Waals surface area contributed by atoms with E-state index in [0.717, 1.165) is 0 Å². The van der Waals surface area contributed by atoms with Crippen molar-refractivity contribution in [3.05, 3.63) is 35.4 Å². The first-order valence-corrected chi connectivity index (χ1v) is 4.96. The highest BCUT2D eigenvalue weighted by Crippen LogP contribution is 2.03. The van der Waals surface area contributed by atoms with Gasteiger partial charge in [-0.05, 0) is 24.3 Å². The summed E-state index contributed by atoms with van der Waals surface area (Å²) in [4.78, 5) is 29.2. The maximum Gasteiger partial charge on any atom is 0.503 e. The summed E-state index contributed by atoms with van der Waals surface area (Å²) in [5.41, 5.74) is 0.167. The van der Waals surface area contributed by atoms with Crippen LogP contribution < -0.4 is 0 Å². The van der Waals surface area contributed by atoms with Crippen LogP contribution in [0.15, 0.2) is 24.3 Å². The predicted octanol–water partition coefficient (Wildman–Crippen LogP) is 0.276. The first-order chi connectivity index (χ1) is 9.26. The molecule has 1 aromatic rings. The van der Waals surface area contributed by atoms with Gasteiger partial charge in [-0.25, -0.2) is 14.4 Å². The number of aliphatic hydroxyl groups excluding tert-OH is 2. The van der Waals surface area contributed by atoms with E-state index in [2.05, 4.69) is 0 Å². The zero-order chi connectivity index (χ0) is 16.1. The topological polar surface area (TPSA) is 173 Å². The van der Waals surface area contributed by atoms with Gasteiger partial charge in [-0.15, -0.1) is 0 Å². The van der Waals surface area contributed by atoms with Crippen molar-refractivity contribution in [2.45, 2.75) is 0 Å². The van der Waals surface area contributed by atoms with Crippen LogP contribution in [-0.2, 0) is 0 Å². The molecule has 0 fully saturated rings. The zero-order valence-electron chi connectivity index (χ0n) is 10.1. The highest BCUT2D eigenvalue weighted by molar-refractivity contribution is 5.91. The van der Waals surface area contributed by atoms with E-state index >= 15 is 0 Å². The molecule has 9 heteroatoms. The van der Waals surface area contributed by atoms with Crippen LogP contribution in [0.2, 0.25) is 0 Å². The lowest BCUT2D eigenvalue weighted by molar-refractivity contribution is 0.0681. The van der Waals surface area contributed by atoms with Crippen LogP contribution in [0, 0.1) is 0 Å². The summed E-state index contributed by atoms with van der Waals surface area (Å²) in [6.45, 7) is -0.250. The third kappa shape index (κ3) is 11.8. The van der Waals surface area contributed by atoms with E-state index in [-0.39, 0.29) is 24.3 Å². The molecule has 1 aromatic carbocycles. The van der Waals surface area contributed by atoms with Crippen molar-refractivity contribution in [3.63, 3.8) is 0 Å². The van der Waals surface area contributed by atoms with Gasteiger partial charge in [-0.1, -0.05) is 0 Å². The van der Waals surface area contributed by atoms with Gasteiger partial charge in [-0.2, -0.15) is 0 Å². The maximum absolute atomic E-state index is 10.3. The molecule has 0 saturated carbocycles. The molecule has 0 spiro atoms. The first kappa shape index (κ1) is 19.7. The number of rotatable bonds is 3. The van der Waals surface area contributed by atoms with Crippen LogP contribution in [-0.4, -0.2) is 61.9 Å². The molecular weight excluding hydrogens is 276 g/mol. The smallest absolute Gasteiger partial charge is 0.478 e. The molecule has 0 bridgehead atoms. The zero-order valence-corrected chi connectivity index (χ0v) is 10.1. The third-order valence-electron chi connectivity index (χ3n) is 1.48. The Hall–Kier alpha value is -2.65. The second-order valence-corrected chi connectivity index (χ2v) is 2.92. The summed E-state index contributed by atoms with van der Waals surface area (Å²) in [7, 11) is 0. The van der Waals surface area contributed by atoms with Crippen molar-refractivity contribution in [2.75, 3.05) is 13.2 Å². The largest absolute Gasteiger partial charge is 0.503 e. The number of hydrogen-bond donors (Lipinski definition) is 6. The highest BCUT2D eigenvalue weighted by atomic mass is 16.6. The Labute approximate surface area is 113 Å². The molecule has 0 atom stereocenters. The Morgan fingerprint density at radius 3 is 1.00 bits per heavy atom. The lowest BCUT2D eigenvalue weighted by atomic mass is 10.1. The van der Waals surface area contributed by atoms with Crippen molar-refractivity contribution >= 4 is 18.1 Å². The molecule has 0 aromatic heterocycles. The summed E-state index contributed by atoms with van der Waals surface area (Å²) in [6.07, 6.45) is -1.83. The van der Waals surface area contributed by atoms with Gasteiger partial charge in [0.25, 0.3) is 0 Å². The molecule has 9 nitrogen and oxygen atoms in total. The normalized spacial score (nSPS) is 8.30. The van der Waals surface area contributed by atoms with Gasteiger partial charge < -0.3 is 30.6 Å². The number of hydrogen-bond acceptors (Lipinski definition) is 5. The van der Waals surface area contributed by atoms with Gasteiger partial charge in [0.05, 0.1) is 24.3 Å². The molecule has 6 N–H and O–H groups in total. The number of carboxylic acid groups (broad SMARTS) is 4. The van der Waals surface area contributed by atoms with Crippen LogP contribution in [0.3, 0.4) is 0 Å². The second kappa shape index (κ2) is 11.4. The van der Waals surface area contributed by atoms with Gasteiger partial charge in [0.15, 0.2) is 0 Å². The van der Waals surface area contributed by atoms with E-state index in [4.69, 9.17) is 35.4 Å². The monoisotopic (exact) mass is 290 g/mol. The van der Waals surface area contributed by atoms with Crippen molar-refractivity contribution < 1.29 is 45.0 Å².